The Bertz CT molecular complexity index is 1740. The first-order valence-corrected chi connectivity index (χ1v) is 41.1. The van der Waals surface area contributed by atoms with Gasteiger partial charge in [0.2, 0.25) is 0 Å². The summed E-state index contributed by atoms with van der Waals surface area (Å²) >= 11 is 0. The third kappa shape index (κ3) is 27.7. The number of hydrogen-bond donors (Lipinski definition) is 2. The first-order chi connectivity index (χ1) is 29.0. The third-order valence-electron chi connectivity index (χ3n) is 8.91. The zero-order valence-corrected chi connectivity index (χ0v) is 49.9. The van der Waals surface area contributed by atoms with Crippen LogP contribution in [0.1, 0.15) is 73.6 Å². The van der Waals surface area contributed by atoms with E-state index in [9.17, 15) is 20.1 Å². The van der Waals surface area contributed by atoms with Gasteiger partial charge in [0.1, 0.15) is 23.3 Å². The van der Waals surface area contributed by atoms with Crippen molar-refractivity contribution < 1.29 is 35.5 Å². The van der Waals surface area contributed by atoms with Crippen molar-refractivity contribution in [1.82, 2.24) is 10.6 Å². The summed E-state index contributed by atoms with van der Waals surface area (Å²) in [6.07, 6.45) is 9.72. The smallest absolute Gasteiger partial charge is 0.349 e. The van der Waals surface area contributed by atoms with Crippen LogP contribution in [0.25, 0.3) is 0 Å². The number of carbonyl (C=O) groups is 2. The molecule has 0 aromatic heterocycles. The summed E-state index contributed by atoms with van der Waals surface area (Å²) in [7, 11) is -9.70. The maximum atomic E-state index is 12.2. The first-order valence-electron chi connectivity index (χ1n) is 22.9. The van der Waals surface area contributed by atoms with Gasteiger partial charge in [0.15, 0.2) is 33.3 Å². The molecule has 12 nitrogen and oxygen atoms in total. The van der Waals surface area contributed by atoms with Crippen LogP contribution in [0.5, 0.6) is 0 Å². The van der Waals surface area contributed by atoms with Crippen LogP contribution in [0.2, 0.25) is 97.7 Å². The third-order valence-corrected chi connectivity index (χ3v) is 26.8. The quantitative estimate of drug-likeness (QED) is 0.0297. The van der Waals surface area contributed by atoms with E-state index >= 15 is 0 Å². The summed E-state index contributed by atoms with van der Waals surface area (Å²) < 4.78 is 35.0. The molecule has 0 aromatic rings. The van der Waals surface area contributed by atoms with Crippen LogP contribution in [0.15, 0.2) is 58.5 Å². The largest absolute Gasteiger partial charge is 0.462 e. The number of nitrogens with zero attached hydrogens (tertiary/aromatic N) is 2. The fraction of sp³-hybridized carbons (Fsp3) is 0.696. The molecule has 0 saturated heterocycles. The van der Waals surface area contributed by atoms with Gasteiger partial charge in [-0.1, -0.05) is 33.8 Å². The van der Waals surface area contributed by atoms with Crippen LogP contribution in [0, 0.1) is 33.5 Å². The number of ether oxygens (including phenoxy) is 2. The average Bonchev–Trinajstić information content (AvgIpc) is 3.06. The fourth-order valence-electron chi connectivity index (χ4n) is 7.56. The molecule has 2 rings (SSSR count). The molecule has 64 heavy (non-hydrogen) atoms. The van der Waals surface area contributed by atoms with Crippen LogP contribution in [-0.4, -0.2) is 89.4 Å². The van der Waals surface area contributed by atoms with E-state index in [-0.39, 0.29) is 35.2 Å². The van der Waals surface area contributed by atoms with Crippen molar-refractivity contribution in [2.75, 3.05) is 26.3 Å². The normalized spacial score (nSPS) is 17.9. The van der Waals surface area contributed by atoms with Crippen LogP contribution < -0.4 is 10.6 Å². The number of allylic oxidation sites excluding steroid dienone is 6. The van der Waals surface area contributed by atoms with E-state index in [0.29, 0.717) is 19.4 Å². The molecular formula is C46H88N4O8Si6. The highest BCUT2D eigenvalue weighted by Crippen LogP contribution is 2.39. The van der Waals surface area contributed by atoms with Crippen molar-refractivity contribution in [1.29, 1.82) is 10.5 Å². The molecule has 2 aliphatic rings. The Morgan fingerprint density at radius 3 is 1.38 bits per heavy atom. The minimum Gasteiger partial charge on any atom is -0.462 e. The predicted octanol–water partition coefficient (Wildman–Crippen LogP) is 11.2. The monoisotopic (exact) mass is 993 g/mol. The highest BCUT2D eigenvalue weighted by Gasteiger charge is 2.40. The van der Waals surface area contributed by atoms with Crippen molar-refractivity contribution in [2.24, 2.45) is 10.8 Å². The van der Waals surface area contributed by atoms with Crippen LogP contribution in [0.3, 0.4) is 0 Å². The number of nitrogens with one attached hydrogen (secondary N) is 2. The van der Waals surface area contributed by atoms with Gasteiger partial charge in [0.25, 0.3) is 9.28 Å². The van der Waals surface area contributed by atoms with E-state index in [1.807, 2.05) is 18.2 Å². The highest BCUT2D eigenvalue weighted by atomic mass is 28.5. The van der Waals surface area contributed by atoms with E-state index in [4.69, 9.17) is 25.9 Å². The Labute approximate surface area is 396 Å². The van der Waals surface area contributed by atoms with E-state index in [1.165, 1.54) is 0 Å². The van der Waals surface area contributed by atoms with Crippen LogP contribution >= 0.6 is 0 Å². The van der Waals surface area contributed by atoms with E-state index in [2.05, 4.69) is 143 Å². The Morgan fingerprint density at radius 2 is 1.06 bits per heavy atom. The fourth-order valence-corrected chi connectivity index (χ4v) is 28.7. The second-order valence-corrected chi connectivity index (χ2v) is 46.5. The summed E-state index contributed by atoms with van der Waals surface area (Å²) in [4.78, 5) is 24.1. The number of esters is 2. The van der Waals surface area contributed by atoms with Crippen LogP contribution in [-0.2, 0) is 35.5 Å². The lowest BCUT2D eigenvalue weighted by Crippen LogP contribution is -2.52. The van der Waals surface area contributed by atoms with E-state index in [0.717, 1.165) is 54.4 Å². The molecule has 18 heteroatoms. The molecule has 0 atom stereocenters. The Hall–Kier alpha value is -2.64. The minimum atomic E-state index is -2.25. The molecule has 0 bridgehead atoms. The highest BCUT2D eigenvalue weighted by molar-refractivity contribution is 6.87. The summed E-state index contributed by atoms with van der Waals surface area (Å²) in [6, 6.07) is 4.99. The molecule has 0 radical (unpaired) electrons. The molecule has 0 unspecified atom stereocenters. The maximum absolute atomic E-state index is 12.2. The van der Waals surface area contributed by atoms with Gasteiger partial charge in [-0.2, -0.15) is 10.5 Å². The number of carbonyl (C=O) groups excluding carboxylic acids is 2. The summed E-state index contributed by atoms with van der Waals surface area (Å²) in [6.45, 7) is 48.7. The molecule has 0 heterocycles. The maximum Gasteiger partial charge on any atom is 0.349 e. The van der Waals surface area contributed by atoms with Gasteiger partial charge in [0, 0.05) is 24.5 Å². The van der Waals surface area contributed by atoms with Gasteiger partial charge in [0.05, 0.1) is 13.2 Å². The van der Waals surface area contributed by atoms with E-state index < -0.39 is 63.1 Å². The lowest BCUT2D eigenvalue weighted by atomic mass is 9.76. The molecule has 364 valence electrons. The van der Waals surface area contributed by atoms with Gasteiger partial charge >= 0.3 is 20.5 Å². The lowest BCUT2D eigenvalue weighted by molar-refractivity contribution is -0.139. The predicted molar refractivity (Wildman–Crippen MR) is 279 cm³/mol. The summed E-state index contributed by atoms with van der Waals surface area (Å²) in [5, 5.41) is 25.6. The molecule has 0 amide bonds. The zero-order valence-electron chi connectivity index (χ0n) is 43.7. The molecular weight excluding hydrogens is 905 g/mol. The molecule has 0 saturated carbocycles. The van der Waals surface area contributed by atoms with Crippen molar-refractivity contribution >= 4 is 63.1 Å². The van der Waals surface area contributed by atoms with Crippen LogP contribution in [0.4, 0.5) is 0 Å². The standard InChI is InChI=1S/C23H44N2O4Si3.C16H22N2O2.C7H22O2Si3/c1-11-27-22(26)21(18-24)19-15-20(17-23(2,3)16-19)25-13-12-14-32(10,28-30(4,5)6)29-31(7,8)9;1-5-7-18-13-8-12(9-16(3,4)10-13)14(11-17)15(19)20-6-2;1-10(8-11(2,3)4)9-12(5,6)7/h15,25H,11-14,16-17H2,1-10H3;5,8,18H,1,6-7,9-10H2,2-4H3;10H,1-7H3/b21-19+;14-12+;. The Kier molecular flexibility index (Phi) is 25.5. The Balaban J connectivity index is 0.00000105. The molecule has 0 aromatic carbocycles. The number of nitriles is 2. The van der Waals surface area contributed by atoms with Gasteiger partial charge in [-0.05, 0) is 178 Å². The van der Waals surface area contributed by atoms with Gasteiger partial charge in [-0.3, -0.25) is 0 Å². The van der Waals surface area contributed by atoms with Crippen molar-refractivity contribution in [3.05, 3.63) is 58.5 Å². The second-order valence-electron chi connectivity index (χ2n) is 22.1. The lowest BCUT2D eigenvalue weighted by Gasteiger charge is -2.38. The van der Waals surface area contributed by atoms with Crippen molar-refractivity contribution in [3.63, 3.8) is 0 Å². The molecule has 0 aliphatic heterocycles. The minimum absolute atomic E-state index is 0.00216. The van der Waals surface area contributed by atoms with Crippen molar-refractivity contribution in [2.45, 2.75) is 171 Å². The zero-order chi connectivity index (χ0) is 50.0. The number of hydrogen-bond acceptors (Lipinski definition) is 12. The van der Waals surface area contributed by atoms with Gasteiger partial charge in [-0.25, -0.2) is 9.59 Å². The summed E-state index contributed by atoms with van der Waals surface area (Å²) in [5.74, 6) is -1.07. The molecule has 2 aliphatic carbocycles. The second kappa shape index (κ2) is 26.6. The van der Waals surface area contributed by atoms with E-state index in [1.54, 1.807) is 19.9 Å². The first kappa shape index (κ1) is 61.4. The SMILES string of the molecule is C=CCNC1=C/C(=C(/C#N)C(=O)OCC)CC(C)(C)C1.CCOC(=O)/C(C#N)=C1\C=C(NCCC[Si](C)(O[Si](C)(C)C)O[Si](C)(C)C)CC(C)(C)C1.C[SiH](O[Si](C)(C)C)O[Si](C)(C)C. The van der Waals surface area contributed by atoms with Gasteiger partial charge < -0.3 is 36.6 Å². The van der Waals surface area contributed by atoms with Crippen molar-refractivity contribution in [3.8, 4) is 12.1 Å². The summed E-state index contributed by atoms with van der Waals surface area (Å²) in [5.41, 5.74) is 3.78. The molecule has 0 spiro atoms. The Morgan fingerprint density at radius 1 is 0.688 bits per heavy atom. The topological polar surface area (TPSA) is 161 Å². The molecule has 2 N–H and O–H groups in total. The number of rotatable bonds is 20. The molecule has 0 fully saturated rings. The van der Waals surface area contributed by atoms with Gasteiger partial charge in [-0.15, -0.1) is 6.58 Å². The average molecular weight is 994 g/mol.